The number of benzene rings is 1. The molecule has 1 aliphatic rings. The van der Waals surface area contributed by atoms with Crippen LogP contribution in [-0.2, 0) is 0 Å². The molecular formula is C16H25NO2. The van der Waals surface area contributed by atoms with Gasteiger partial charge in [0.2, 0.25) is 0 Å². The number of methoxy groups -OCH3 is 1. The molecule has 0 aliphatic heterocycles. The van der Waals surface area contributed by atoms with Gasteiger partial charge in [0.05, 0.1) is 19.3 Å². The van der Waals surface area contributed by atoms with E-state index in [1.54, 1.807) is 7.11 Å². The lowest BCUT2D eigenvalue weighted by Gasteiger charge is -2.43. The Kier molecular flexibility index (Phi) is 4.04. The zero-order chi connectivity index (χ0) is 13.9. The molecule has 0 spiro atoms. The van der Waals surface area contributed by atoms with Crippen LogP contribution in [0.1, 0.15) is 39.5 Å². The number of aliphatic hydroxyl groups is 1. The minimum atomic E-state index is -0.163. The number of ether oxygens (including phenoxy) is 1. The molecule has 3 nitrogen and oxygen atoms in total. The standard InChI is InChI=1S/C16H25NO2/c1-15(2)8-10-16(12-18,11-9-15)17-13-4-6-14(19-3)7-5-13/h4-7,17-18H,8-12H2,1-3H3. The van der Waals surface area contributed by atoms with Gasteiger partial charge in [-0.15, -0.1) is 0 Å². The van der Waals surface area contributed by atoms with Crippen LogP contribution in [0, 0.1) is 5.41 Å². The molecule has 0 aromatic heterocycles. The zero-order valence-electron chi connectivity index (χ0n) is 12.2. The van der Waals surface area contributed by atoms with Crippen molar-refractivity contribution in [2.75, 3.05) is 19.0 Å². The molecule has 2 N–H and O–H groups in total. The molecule has 1 aromatic rings. The Balaban J connectivity index is 2.06. The van der Waals surface area contributed by atoms with Crippen molar-refractivity contribution in [1.82, 2.24) is 0 Å². The van der Waals surface area contributed by atoms with Gasteiger partial charge in [-0.3, -0.25) is 0 Å². The fourth-order valence-corrected chi connectivity index (χ4v) is 2.71. The summed E-state index contributed by atoms with van der Waals surface area (Å²) in [5, 5.41) is 13.3. The second kappa shape index (κ2) is 5.41. The van der Waals surface area contributed by atoms with Gasteiger partial charge in [-0.1, -0.05) is 13.8 Å². The number of hydrogen-bond acceptors (Lipinski definition) is 3. The van der Waals surface area contributed by atoms with E-state index in [9.17, 15) is 5.11 Å². The van der Waals surface area contributed by atoms with Crippen LogP contribution in [0.15, 0.2) is 24.3 Å². The van der Waals surface area contributed by atoms with Crippen molar-refractivity contribution in [3.63, 3.8) is 0 Å². The van der Waals surface area contributed by atoms with E-state index in [2.05, 4.69) is 19.2 Å². The Morgan fingerprint density at radius 1 is 1.11 bits per heavy atom. The Morgan fingerprint density at radius 3 is 2.16 bits per heavy atom. The number of hydrogen-bond donors (Lipinski definition) is 2. The van der Waals surface area contributed by atoms with E-state index in [0.717, 1.165) is 37.1 Å². The fourth-order valence-electron chi connectivity index (χ4n) is 2.71. The summed E-state index contributed by atoms with van der Waals surface area (Å²) in [5.74, 6) is 0.855. The first-order chi connectivity index (χ1) is 8.99. The van der Waals surface area contributed by atoms with E-state index in [4.69, 9.17) is 4.74 Å². The van der Waals surface area contributed by atoms with E-state index in [-0.39, 0.29) is 12.1 Å². The van der Waals surface area contributed by atoms with Crippen LogP contribution in [0.2, 0.25) is 0 Å². The maximum atomic E-state index is 9.79. The quantitative estimate of drug-likeness (QED) is 0.874. The number of nitrogens with one attached hydrogen (secondary N) is 1. The third-order valence-corrected chi connectivity index (χ3v) is 4.36. The van der Waals surface area contributed by atoms with Gasteiger partial charge in [-0.2, -0.15) is 0 Å². The Morgan fingerprint density at radius 2 is 1.68 bits per heavy atom. The van der Waals surface area contributed by atoms with E-state index in [0.29, 0.717) is 5.41 Å². The normalized spacial score (nSPS) is 20.8. The van der Waals surface area contributed by atoms with Gasteiger partial charge >= 0.3 is 0 Å². The molecule has 1 fully saturated rings. The summed E-state index contributed by atoms with van der Waals surface area (Å²) in [6.07, 6.45) is 4.33. The third kappa shape index (κ3) is 3.41. The smallest absolute Gasteiger partial charge is 0.119 e. The molecule has 3 heteroatoms. The highest BCUT2D eigenvalue weighted by atomic mass is 16.5. The minimum absolute atomic E-state index is 0.163. The highest BCUT2D eigenvalue weighted by Crippen LogP contribution is 2.41. The van der Waals surface area contributed by atoms with Gasteiger partial charge in [0.1, 0.15) is 5.75 Å². The highest BCUT2D eigenvalue weighted by molar-refractivity contribution is 5.48. The van der Waals surface area contributed by atoms with Crippen LogP contribution in [0.3, 0.4) is 0 Å². The molecular weight excluding hydrogens is 238 g/mol. The molecule has 1 aliphatic carbocycles. The summed E-state index contributed by atoms with van der Waals surface area (Å²) in [5.41, 5.74) is 1.29. The predicted octanol–water partition coefficient (Wildman–Crippen LogP) is 3.44. The van der Waals surface area contributed by atoms with Gasteiger partial charge in [-0.25, -0.2) is 0 Å². The Labute approximate surface area is 116 Å². The molecule has 0 radical (unpaired) electrons. The number of rotatable bonds is 4. The van der Waals surface area contributed by atoms with Crippen molar-refractivity contribution in [3.05, 3.63) is 24.3 Å². The van der Waals surface area contributed by atoms with E-state index in [1.165, 1.54) is 0 Å². The van der Waals surface area contributed by atoms with Crippen LogP contribution >= 0.6 is 0 Å². The lowest BCUT2D eigenvalue weighted by molar-refractivity contribution is 0.118. The van der Waals surface area contributed by atoms with Crippen molar-refractivity contribution in [2.24, 2.45) is 5.41 Å². The number of aliphatic hydroxyl groups excluding tert-OH is 1. The summed E-state index contributed by atoms with van der Waals surface area (Å²) >= 11 is 0. The third-order valence-electron chi connectivity index (χ3n) is 4.36. The fraction of sp³-hybridized carbons (Fsp3) is 0.625. The predicted molar refractivity (Wildman–Crippen MR) is 78.7 cm³/mol. The van der Waals surface area contributed by atoms with Crippen LogP contribution in [-0.4, -0.2) is 24.4 Å². The van der Waals surface area contributed by atoms with Crippen molar-refractivity contribution in [3.8, 4) is 5.75 Å². The maximum absolute atomic E-state index is 9.79. The average molecular weight is 263 g/mol. The minimum Gasteiger partial charge on any atom is -0.497 e. The Hall–Kier alpha value is -1.22. The molecule has 0 unspecified atom stereocenters. The molecule has 2 rings (SSSR count). The SMILES string of the molecule is COc1ccc(NC2(CO)CCC(C)(C)CC2)cc1. The first kappa shape index (κ1) is 14.2. The lowest BCUT2D eigenvalue weighted by Crippen LogP contribution is -2.46. The largest absolute Gasteiger partial charge is 0.497 e. The molecule has 0 saturated heterocycles. The highest BCUT2D eigenvalue weighted by Gasteiger charge is 2.37. The van der Waals surface area contributed by atoms with Crippen molar-refractivity contribution in [1.29, 1.82) is 0 Å². The van der Waals surface area contributed by atoms with Crippen LogP contribution in [0.5, 0.6) is 5.75 Å². The molecule has 1 aromatic carbocycles. The molecule has 0 amide bonds. The molecule has 0 atom stereocenters. The monoisotopic (exact) mass is 263 g/mol. The molecule has 0 heterocycles. The van der Waals surface area contributed by atoms with Gasteiger partial charge in [0, 0.05) is 5.69 Å². The molecule has 0 bridgehead atoms. The van der Waals surface area contributed by atoms with Crippen molar-refractivity contribution in [2.45, 2.75) is 45.1 Å². The van der Waals surface area contributed by atoms with Crippen molar-refractivity contribution < 1.29 is 9.84 Å². The van der Waals surface area contributed by atoms with Crippen LogP contribution in [0.25, 0.3) is 0 Å². The first-order valence-corrected chi connectivity index (χ1v) is 7.02. The Bertz CT molecular complexity index is 401. The molecule has 106 valence electrons. The van der Waals surface area contributed by atoms with Gasteiger partial charge in [-0.05, 0) is 55.4 Å². The summed E-state index contributed by atoms with van der Waals surface area (Å²) in [6.45, 7) is 4.80. The van der Waals surface area contributed by atoms with Gasteiger partial charge in [0.25, 0.3) is 0 Å². The summed E-state index contributed by atoms with van der Waals surface area (Å²) in [7, 11) is 1.67. The van der Waals surface area contributed by atoms with Crippen LogP contribution < -0.4 is 10.1 Å². The van der Waals surface area contributed by atoms with E-state index < -0.39 is 0 Å². The topological polar surface area (TPSA) is 41.5 Å². The average Bonchev–Trinajstić information content (AvgIpc) is 2.42. The van der Waals surface area contributed by atoms with E-state index >= 15 is 0 Å². The molecule has 19 heavy (non-hydrogen) atoms. The lowest BCUT2D eigenvalue weighted by atomic mass is 9.69. The van der Waals surface area contributed by atoms with Crippen LogP contribution in [0.4, 0.5) is 5.69 Å². The zero-order valence-corrected chi connectivity index (χ0v) is 12.2. The first-order valence-electron chi connectivity index (χ1n) is 7.02. The summed E-state index contributed by atoms with van der Waals surface area (Å²) in [6, 6.07) is 7.91. The van der Waals surface area contributed by atoms with E-state index in [1.807, 2.05) is 24.3 Å². The summed E-state index contributed by atoms with van der Waals surface area (Å²) < 4.78 is 5.16. The maximum Gasteiger partial charge on any atom is 0.119 e. The number of anilines is 1. The van der Waals surface area contributed by atoms with Crippen molar-refractivity contribution >= 4 is 5.69 Å². The summed E-state index contributed by atoms with van der Waals surface area (Å²) in [4.78, 5) is 0. The second-order valence-electron chi connectivity index (χ2n) is 6.46. The molecule has 1 saturated carbocycles. The van der Waals surface area contributed by atoms with Gasteiger partial charge in [0.15, 0.2) is 0 Å². The van der Waals surface area contributed by atoms with Gasteiger partial charge < -0.3 is 15.2 Å². The second-order valence-corrected chi connectivity index (χ2v) is 6.46.